The lowest BCUT2D eigenvalue weighted by Gasteiger charge is -2.03. The number of allylic oxidation sites excluding steroid dienone is 2. The molecule has 2 aromatic carbocycles. The smallest absolute Gasteiger partial charge is 0.0721 e. The molecule has 0 bridgehead atoms. The number of rotatable bonds is 5. The molecule has 138 valence electrons. The third kappa shape index (κ3) is 19.8. The molecule has 3 heteroatoms. The van der Waals surface area contributed by atoms with Gasteiger partial charge in [0.2, 0.25) is 0 Å². The summed E-state index contributed by atoms with van der Waals surface area (Å²) in [5.41, 5.74) is 2.43. The summed E-state index contributed by atoms with van der Waals surface area (Å²) in [5.74, 6) is 0. The molecule has 2 rings (SSSR count). The first-order valence-electron chi connectivity index (χ1n) is 8.21. The van der Waals surface area contributed by atoms with Gasteiger partial charge in [-0.25, -0.2) is 0 Å². The number of aliphatic hydroxyl groups excluding tert-OH is 2. The molecule has 0 fully saturated rings. The van der Waals surface area contributed by atoms with Crippen LogP contribution in [0, 0.1) is 0 Å². The summed E-state index contributed by atoms with van der Waals surface area (Å²) in [7, 11) is 0. The Labute approximate surface area is 152 Å². The number of ether oxygens (including phenoxy) is 1. The summed E-state index contributed by atoms with van der Waals surface area (Å²) in [4.78, 5) is 0. The van der Waals surface area contributed by atoms with Crippen LogP contribution in [0.4, 0.5) is 0 Å². The highest BCUT2D eigenvalue weighted by Crippen LogP contribution is 2.05. The fourth-order valence-corrected chi connectivity index (χ4v) is 1.44. The van der Waals surface area contributed by atoms with Crippen LogP contribution in [0.5, 0.6) is 0 Å². The molecule has 0 unspecified atom stereocenters. The van der Waals surface area contributed by atoms with Crippen LogP contribution in [-0.2, 0) is 18.0 Å². The van der Waals surface area contributed by atoms with E-state index in [1.165, 1.54) is 11.1 Å². The molecule has 0 atom stereocenters. The summed E-state index contributed by atoms with van der Waals surface area (Å²) in [6.07, 6.45) is 3.50. The summed E-state index contributed by atoms with van der Waals surface area (Å²) in [6.45, 7) is 11.6. The largest absolute Gasteiger partial charge is 0.394 e. The number of hydrogen-bond acceptors (Lipinski definition) is 3. The van der Waals surface area contributed by atoms with Crippen LogP contribution in [0.3, 0.4) is 0 Å². The molecule has 0 radical (unpaired) electrons. The van der Waals surface area contributed by atoms with E-state index in [0.29, 0.717) is 13.2 Å². The second kappa shape index (κ2) is 21.8. The van der Waals surface area contributed by atoms with Gasteiger partial charge >= 0.3 is 0 Å². The Kier molecular flexibility index (Phi) is 21.8. The van der Waals surface area contributed by atoms with Crippen LogP contribution < -0.4 is 0 Å². The van der Waals surface area contributed by atoms with Crippen molar-refractivity contribution in [1.29, 1.82) is 0 Å². The standard InChI is InChI=1S/C14H14O.2C3H6.C2H6O2/c1-3-7-13(8-4-1)11-15-12-14-9-5-2-6-10-14;2*1-3-2;3-1-2-4/h1-10H,11-12H2;2*3H,1H2,2H3;3-4H,1-2H2. The molecule has 0 aromatic heterocycles. The summed E-state index contributed by atoms with van der Waals surface area (Å²) in [5, 5.41) is 15.2. The van der Waals surface area contributed by atoms with E-state index in [-0.39, 0.29) is 13.2 Å². The highest BCUT2D eigenvalue weighted by molar-refractivity contribution is 5.15. The average Bonchev–Trinajstić information content (AvgIpc) is 2.65. The van der Waals surface area contributed by atoms with Crippen molar-refractivity contribution in [3.8, 4) is 0 Å². The van der Waals surface area contributed by atoms with Gasteiger partial charge in [0.1, 0.15) is 0 Å². The van der Waals surface area contributed by atoms with Gasteiger partial charge in [-0.3, -0.25) is 0 Å². The van der Waals surface area contributed by atoms with Crippen molar-refractivity contribution >= 4 is 0 Å². The fourth-order valence-electron chi connectivity index (χ4n) is 1.44. The van der Waals surface area contributed by atoms with Gasteiger partial charge in [0.25, 0.3) is 0 Å². The van der Waals surface area contributed by atoms with Gasteiger partial charge in [-0.15, -0.1) is 13.2 Å². The lowest BCUT2D eigenvalue weighted by atomic mass is 10.2. The predicted octanol–water partition coefficient (Wildman–Crippen LogP) is 4.76. The fraction of sp³-hybridized carbons (Fsp3) is 0.273. The molecule has 0 saturated carbocycles. The molecule has 25 heavy (non-hydrogen) atoms. The van der Waals surface area contributed by atoms with E-state index in [9.17, 15) is 0 Å². The molecule has 0 spiro atoms. The zero-order chi connectivity index (χ0) is 19.2. The van der Waals surface area contributed by atoms with Gasteiger partial charge in [0.15, 0.2) is 0 Å². The van der Waals surface area contributed by atoms with Gasteiger partial charge in [0, 0.05) is 0 Å². The van der Waals surface area contributed by atoms with Crippen molar-refractivity contribution in [1.82, 2.24) is 0 Å². The SMILES string of the molecule is C=CC.C=CC.OCCO.c1ccc(COCc2ccccc2)cc1. The summed E-state index contributed by atoms with van der Waals surface area (Å²) < 4.78 is 5.61. The van der Waals surface area contributed by atoms with Crippen LogP contribution in [0.2, 0.25) is 0 Å². The van der Waals surface area contributed by atoms with Crippen LogP contribution in [0.1, 0.15) is 25.0 Å². The number of aliphatic hydroxyl groups is 2. The monoisotopic (exact) mass is 344 g/mol. The Balaban J connectivity index is 0. The number of hydrogen-bond donors (Lipinski definition) is 2. The second-order valence-corrected chi connectivity index (χ2v) is 4.73. The van der Waals surface area contributed by atoms with Gasteiger partial charge in [-0.2, -0.15) is 0 Å². The Morgan fingerprint density at radius 1 is 0.720 bits per heavy atom. The average molecular weight is 344 g/mol. The van der Waals surface area contributed by atoms with Crippen molar-refractivity contribution in [2.45, 2.75) is 27.1 Å². The molecule has 2 N–H and O–H groups in total. The maximum absolute atomic E-state index is 7.62. The molecule has 3 nitrogen and oxygen atoms in total. The van der Waals surface area contributed by atoms with E-state index in [0.717, 1.165) is 0 Å². The van der Waals surface area contributed by atoms with E-state index >= 15 is 0 Å². The molecule has 0 aliphatic rings. The molecule has 0 heterocycles. The van der Waals surface area contributed by atoms with Gasteiger partial charge in [0.05, 0.1) is 26.4 Å². The molecule has 0 amide bonds. The molecule has 0 aliphatic carbocycles. The first-order chi connectivity index (χ1) is 12.2. The lowest BCUT2D eigenvalue weighted by molar-refractivity contribution is 0.107. The highest BCUT2D eigenvalue weighted by atomic mass is 16.5. The van der Waals surface area contributed by atoms with Gasteiger partial charge in [-0.1, -0.05) is 72.8 Å². The van der Waals surface area contributed by atoms with Gasteiger partial charge < -0.3 is 14.9 Å². The molecular weight excluding hydrogens is 312 g/mol. The normalized spacial score (nSPS) is 8.32. The van der Waals surface area contributed by atoms with Crippen LogP contribution in [-0.4, -0.2) is 23.4 Å². The molecule has 2 aromatic rings. The van der Waals surface area contributed by atoms with E-state index in [4.69, 9.17) is 14.9 Å². The Bertz CT molecular complexity index is 448. The highest BCUT2D eigenvalue weighted by Gasteiger charge is 1.93. The van der Waals surface area contributed by atoms with Crippen LogP contribution >= 0.6 is 0 Å². The summed E-state index contributed by atoms with van der Waals surface area (Å²) in [6, 6.07) is 20.4. The minimum absolute atomic E-state index is 0.125. The van der Waals surface area contributed by atoms with E-state index < -0.39 is 0 Å². The third-order valence-corrected chi connectivity index (χ3v) is 2.32. The zero-order valence-electron chi connectivity index (χ0n) is 15.5. The van der Waals surface area contributed by atoms with E-state index in [1.807, 2.05) is 50.2 Å². The maximum atomic E-state index is 7.62. The van der Waals surface area contributed by atoms with Crippen molar-refractivity contribution in [3.63, 3.8) is 0 Å². The quantitative estimate of drug-likeness (QED) is 0.769. The summed E-state index contributed by atoms with van der Waals surface area (Å²) >= 11 is 0. The maximum Gasteiger partial charge on any atom is 0.0721 e. The number of benzene rings is 2. The Hall–Kier alpha value is -2.20. The van der Waals surface area contributed by atoms with Crippen LogP contribution in [0.25, 0.3) is 0 Å². The first-order valence-corrected chi connectivity index (χ1v) is 8.21. The van der Waals surface area contributed by atoms with E-state index in [2.05, 4.69) is 37.4 Å². The molecule has 0 saturated heterocycles. The first kappa shape index (κ1) is 25.0. The van der Waals surface area contributed by atoms with Gasteiger partial charge in [-0.05, 0) is 25.0 Å². The zero-order valence-corrected chi connectivity index (χ0v) is 15.5. The van der Waals surface area contributed by atoms with E-state index in [1.54, 1.807) is 12.2 Å². The van der Waals surface area contributed by atoms with Crippen molar-refractivity contribution in [2.24, 2.45) is 0 Å². The predicted molar refractivity (Wildman–Crippen MR) is 107 cm³/mol. The topological polar surface area (TPSA) is 49.7 Å². The van der Waals surface area contributed by atoms with Crippen LogP contribution in [0.15, 0.2) is 86.0 Å². The minimum atomic E-state index is -0.125. The Morgan fingerprint density at radius 2 is 1.00 bits per heavy atom. The van der Waals surface area contributed by atoms with Crippen molar-refractivity contribution in [2.75, 3.05) is 13.2 Å². The lowest BCUT2D eigenvalue weighted by Crippen LogP contribution is -1.93. The second-order valence-electron chi connectivity index (χ2n) is 4.73. The van der Waals surface area contributed by atoms with Crippen molar-refractivity contribution in [3.05, 3.63) is 97.1 Å². The molecular formula is C22H32O3. The third-order valence-electron chi connectivity index (χ3n) is 2.32. The Morgan fingerprint density at radius 3 is 1.24 bits per heavy atom. The van der Waals surface area contributed by atoms with Crippen molar-refractivity contribution < 1.29 is 14.9 Å². The minimum Gasteiger partial charge on any atom is -0.394 e. The molecule has 0 aliphatic heterocycles.